The zero-order valence-electron chi connectivity index (χ0n) is 8.95. The van der Waals surface area contributed by atoms with Crippen molar-refractivity contribution in [3.63, 3.8) is 0 Å². The standard InChI is InChI=1S/C11H18N2O/c1-8(2)11(13-12)9-5-4-6-10(7-9)14-3/h4-8,11,13H,12H2,1-3H3. The predicted octanol–water partition coefficient (Wildman–Crippen LogP) is 1.86. The summed E-state index contributed by atoms with van der Waals surface area (Å²) in [6.07, 6.45) is 0. The van der Waals surface area contributed by atoms with Crippen molar-refractivity contribution in [1.29, 1.82) is 0 Å². The number of rotatable bonds is 4. The van der Waals surface area contributed by atoms with Crippen LogP contribution in [0.3, 0.4) is 0 Å². The smallest absolute Gasteiger partial charge is 0.119 e. The number of hydrogen-bond acceptors (Lipinski definition) is 3. The molecule has 3 heteroatoms. The molecule has 0 saturated carbocycles. The maximum absolute atomic E-state index is 5.51. The fourth-order valence-electron chi connectivity index (χ4n) is 1.51. The summed E-state index contributed by atoms with van der Waals surface area (Å²) in [5, 5.41) is 0. The van der Waals surface area contributed by atoms with E-state index in [0.717, 1.165) is 11.3 Å². The van der Waals surface area contributed by atoms with Crippen LogP contribution in [0.15, 0.2) is 24.3 Å². The van der Waals surface area contributed by atoms with Crippen LogP contribution in [0, 0.1) is 5.92 Å². The van der Waals surface area contributed by atoms with E-state index < -0.39 is 0 Å². The molecule has 0 aliphatic heterocycles. The molecule has 0 spiro atoms. The molecule has 3 N–H and O–H groups in total. The Morgan fingerprint density at radius 2 is 2.07 bits per heavy atom. The maximum atomic E-state index is 5.51. The zero-order chi connectivity index (χ0) is 10.6. The molecule has 3 nitrogen and oxygen atoms in total. The van der Waals surface area contributed by atoms with Crippen molar-refractivity contribution in [2.75, 3.05) is 7.11 Å². The van der Waals surface area contributed by atoms with E-state index in [4.69, 9.17) is 10.6 Å². The van der Waals surface area contributed by atoms with Gasteiger partial charge in [-0.3, -0.25) is 11.3 Å². The minimum Gasteiger partial charge on any atom is -0.497 e. The summed E-state index contributed by atoms with van der Waals surface area (Å²) in [4.78, 5) is 0. The molecular formula is C11H18N2O. The number of benzene rings is 1. The van der Waals surface area contributed by atoms with Gasteiger partial charge in [0.1, 0.15) is 5.75 Å². The number of methoxy groups -OCH3 is 1. The second-order valence-corrected chi connectivity index (χ2v) is 3.66. The third kappa shape index (κ3) is 2.47. The highest BCUT2D eigenvalue weighted by Crippen LogP contribution is 2.23. The monoisotopic (exact) mass is 194 g/mol. The van der Waals surface area contributed by atoms with E-state index in [2.05, 4.69) is 19.3 Å². The Morgan fingerprint density at radius 1 is 1.36 bits per heavy atom. The van der Waals surface area contributed by atoms with E-state index in [-0.39, 0.29) is 6.04 Å². The van der Waals surface area contributed by atoms with Crippen LogP contribution in [0.1, 0.15) is 25.5 Å². The van der Waals surface area contributed by atoms with Gasteiger partial charge < -0.3 is 4.74 Å². The summed E-state index contributed by atoms with van der Waals surface area (Å²) in [7, 11) is 1.67. The lowest BCUT2D eigenvalue weighted by molar-refractivity contribution is 0.403. The van der Waals surface area contributed by atoms with Crippen molar-refractivity contribution in [1.82, 2.24) is 5.43 Å². The van der Waals surface area contributed by atoms with Gasteiger partial charge in [0, 0.05) is 6.04 Å². The lowest BCUT2D eigenvalue weighted by atomic mass is 9.97. The SMILES string of the molecule is COc1cccc(C(NN)C(C)C)c1. The molecule has 1 unspecified atom stereocenters. The van der Waals surface area contributed by atoms with E-state index in [0.29, 0.717) is 5.92 Å². The van der Waals surface area contributed by atoms with Crippen LogP contribution < -0.4 is 16.0 Å². The van der Waals surface area contributed by atoms with Gasteiger partial charge >= 0.3 is 0 Å². The lowest BCUT2D eigenvalue weighted by Gasteiger charge is -2.20. The zero-order valence-corrected chi connectivity index (χ0v) is 8.95. The molecule has 1 aromatic carbocycles. The van der Waals surface area contributed by atoms with Crippen molar-refractivity contribution in [2.45, 2.75) is 19.9 Å². The van der Waals surface area contributed by atoms with Crippen LogP contribution in [0.5, 0.6) is 5.75 Å². The highest BCUT2D eigenvalue weighted by molar-refractivity contribution is 5.30. The Morgan fingerprint density at radius 3 is 2.57 bits per heavy atom. The molecule has 0 aromatic heterocycles. The Hall–Kier alpha value is -1.06. The van der Waals surface area contributed by atoms with Crippen LogP contribution in [0.25, 0.3) is 0 Å². The average Bonchev–Trinajstić information content (AvgIpc) is 2.19. The summed E-state index contributed by atoms with van der Waals surface area (Å²) in [5.41, 5.74) is 3.97. The third-order valence-corrected chi connectivity index (χ3v) is 2.30. The summed E-state index contributed by atoms with van der Waals surface area (Å²) >= 11 is 0. The number of hydrazine groups is 1. The highest BCUT2D eigenvalue weighted by Gasteiger charge is 2.13. The Labute approximate surface area is 85.2 Å². The van der Waals surface area contributed by atoms with Crippen LogP contribution in [-0.4, -0.2) is 7.11 Å². The fraction of sp³-hybridized carbons (Fsp3) is 0.455. The first-order chi connectivity index (χ1) is 6.69. The lowest BCUT2D eigenvalue weighted by Crippen LogP contribution is -2.31. The number of hydrogen-bond donors (Lipinski definition) is 2. The van der Waals surface area contributed by atoms with E-state index >= 15 is 0 Å². The molecule has 1 rings (SSSR count). The summed E-state index contributed by atoms with van der Waals surface area (Å²) < 4.78 is 5.16. The minimum atomic E-state index is 0.171. The Bertz CT molecular complexity index is 286. The van der Waals surface area contributed by atoms with Gasteiger partial charge in [-0.2, -0.15) is 0 Å². The van der Waals surface area contributed by atoms with Crippen LogP contribution >= 0.6 is 0 Å². The molecule has 1 atom stereocenters. The summed E-state index contributed by atoms with van der Waals surface area (Å²) in [6.45, 7) is 4.26. The highest BCUT2D eigenvalue weighted by atomic mass is 16.5. The van der Waals surface area contributed by atoms with Gasteiger partial charge in [-0.1, -0.05) is 26.0 Å². The van der Waals surface area contributed by atoms with Gasteiger partial charge in [-0.15, -0.1) is 0 Å². The topological polar surface area (TPSA) is 47.3 Å². The molecule has 78 valence electrons. The van der Waals surface area contributed by atoms with Crippen molar-refractivity contribution in [3.05, 3.63) is 29.8 Å². The molecular weight excluding hydrogens is 176 g/mol. The predicted molar refractivity (Wildman–Crippen MR) is 57.9 cm³/mol. The van der Waals surface area contributed by atoms with Crippen molar-refractivity contribution < 1.29 is 4.74 Å². The molecule has 0 aliphatic rings. The summed E-state index contributed by atoms with van der Waals surface area (Å²) in [5.74, 6) is 6.82. The van der Waals surface area contributed by atoms with E-state index in [1.807, 2.05) is 24.3 Å². The molecule has 14 heavy (non-hydrogen) atoms. The summed E-state index contributed by atoms with van der Waals surface area (Å²) in [6, 6.07) is 8.13. The number of ether oxygens (including phenoxy) is 1. The van der Waals surface area contributed by atoms with Crippen LogP contribution in [0.2, 0.25) is 0 Å². The number of nitrogens with two attached hydrogens (primary N) is 1. The normalized spacial score (nSPS) is 12.9. The molecule has 0 radical (unpaired) electrons. The molecule has 0 heterocycles. The molecule has 0 fully saturated rings. The quantitative estimate of drug-likeness (QED) is 0.568. The van der Waals surface area contributed by atoms with Gasteiger partial charge in [0.25, 0.3) is 0 Å². The molecule has 0 amide bonds. The molecule has 1 aromatic rings. The first-order valence-corrected chi connectivity index (χ1v) is 4.79. The molecule has 0 saturated heterocycles. The first-order valence-electron chi connectivity index (χ1n) is 4.79. The van der Waals surface area contributed by atoms with Gasteiger partial charge in [0.05, 0.1) is 7.11 Å². The van der Waals surface area contributed by atoms with Gasteiger partial charge in [-0.05, 0) is 23.6 Å². The Balaban J connectivity index is 2.92. The van der Waals surface area contributed by atoms with Crippen molar-refractivity contribution >= 4 is 0 Å². The molecule has 0 aliphatic carbocycles. The van der Waals surface area contributed by atoms with Gasteiger partial charge in [0.15, 0.2) is 0 Å². The molecule has 0 bridgehead atoms. The minimum absolute atomic E-state index is 0.171. The van der Waals surface area contributed by atoms with Crippen LogP contribution in [-0.2, 0) is 0 Å². The Kier molecular flexibility index (Phi) is 3.92. The second kappa shape index (κ2) is 4.98. The largest absolute Gasteiger partial charge is 0.497 e. The third-order valence-electron chi connectivity index (χ3n) is 2.30. The van der Waals surface area contributed by atoms with Crippen molar-refractivity contribution in [2.24, 2.45) is 11.8 Å². The van der Waals surface area contributed by atoms with Crippen LogP contribution in [0.4, 0.5) is 0 Å². The van der Waals surface area contributed by atoms with E-state index in [1.165, 1.54) is 0 Å². The maximum Gasteiger partial charge on any atom is 0.119 e. The van der Waals surface area contributed by atoms with Gasteiger partial charge in [0.2, 0.25) is 0 Å². The van der Waals surface area contributed by atoms with E-state index in [1.54, 1.807) is 7.11 Å². The van der Waals surface area contributed by atoms with Crippen molar-refractivity contribution in [3.8, 4) is 5.75 Å². The fourth-order valence-corrected chi connectivity index (χ4v) is 1.51. The average molecular weight is 194 g/mol. The van der Waals surface area contributed by atoms with E-state index in [9.17, 15) is 0 Å². The van der Waals surface area contributed by atoms with Gasteiger partial charge in [-0.25, -0.2) is 0 Å². The number of nitrogens with one attached hydrogen (secondary N) is 1. The first kappa shape index (κ1) is 11.0. The second-order valence-electron chi connectivity index (χ2n) is 3.66.